The van der Waals surface area contributed by atoms with Crippen molar-refractivity contribution >= 4 is 21.9 Å². The lowest BCUT2D eigenvalue weighted by Crippen LogP contribution is -2.12. The Hall–Kier alpha value is -1.91. The monoisotopic (exact) mass is 335 g/mol. The maximum atomic E-state index is 12.7. The summed E-state index contributed by atoms with van der Waals surface area (Å²) in [7, 11) is -9.98. The van der Waals surface area contributed by atoms with Gasteiger partial charge in [-0.3, -0.25) is 14.9 Å². The second-order valence-corrected chi connectivity index (χ2v) is 6.41. The van der Waals surface area contributed by atoms with Crippen LogP contribution < -0.4 is 0 Å². The summed E-state index contributed by atoms with van der Waals surface area (Å²) in [5.41, 5.74) is -1.65. The van der Waals surface area contributed by atoms with Gasteiger partial charge < -0.3 is 4.74 Å². The molecule has 0 amide bonds. The molecule has 0 fully saturated rings. The minimum absolute atomic E-state index is 0.0751. The van der Waals surface area contributed by atoms with Crippen molar-refractivity contribution < 1.29 is 33.9 Å². The molecule has 11 heteroatoms. The van der Waals surface area contributed by atoms with Gasteiger partial charge in [-0.2, -0.15) is 0 Å². The molecule has 5 nitrogen and oxygen atoms in total. The van der Waals surface area contributed by atoms with Gasteiger partial charge in [0.05, 0.1) is 18.0 Å². The third kappa shape index (κ3) is 4.55. The molecule has 0 saturated carbocycles. The fourth-order valence-corrected chi connectivity index (χ4v) is 2.18. The topological polar surface area (TPSA) is 69.4 Å². The molecule has 0 radical (unpaired) electrons. The normalized spacial score (nSPS) is 15.0. The van der Waals surface area contributed by atoms with Crippen LogP contribution in [-0.4, -0.2) is 17.5 Å². The first-order valence-corrected chi connectivity index (χ1v) is 7.36. The summed E-state index contributed by atoms with van der Waals surface area (Å²) in [4.78, 5) is 18.5. The molecule has 1 rings (SSSR count). The van der Waals surface area contributed by atoms with E-state index in [1.54, 1.807) is 0 Å². The van der Waals surface area contributed by atoms with Crippen molar-refractivity contribution in [3.8, 4) is 0 Å². The molecule has 21 heavy (non-hydrogen) atoms. The molecule has 0 atom stereocenters. The van der Waals surface area contributed by atoms with Crippen molar-refractivity contribution in [1.82, 2.24) is 0 Å². The Morgan fingerprint density at radius 2 is 1.86 bits per heavy atom. The molecule has 0 aliphatic carbocycles. The van der Waals surface area contributed by atoms with Crippen LogP contribution in [0.1, 0.15) is 12.5 Å². The van der Waals surface area contributed by atoms with E-state index in [1.165, 1.54) is 6.92 Å². The third-order valence-corrected chi connectivity index (χ3v) is 3.48. The van der Waals surface area contributed by atoms with Gasteiger partial charge in [-0.15, -0.1) is 0 Å². The number of nitro benzene ring substituents is 1. The van der Waals surface area contributed by atoms with Crippen molar-refractivity contribution in [3.05, 3.63) is 33.9 Å². The average molecular weight is 335 g/mol. The van der Waals surface area contributed by atoms with Gasteiger partial charge >= 0.3 is 16.2 Å². The van der Waals surface area contributed by atoms with Crippen molar-refractivity contribution in [2.24, 2.45) is 0 Å². The number of nitro groups is 1. The SMILES string of the molecule is CCOC(=O)Cc1cc(S(F)(F)(F)(F)F)ccc1[N+](=O)[O-]. The maximum absolute atomic E-state index is 12.7. The molecular formula is C10H10F5NO4S. The molecular weight excluding hydrogens is 325 g/mol. The summed E-state index contributed by atoms with van der Waals surface area (Å²) >= 11 is 0. The van der Waals surface area contributed by atoms with Crippen molar-refractivity contribution in [2.45, 2.75) is 18.2 Å². The summed E-state index contributed by atoms with van der Waals surface area (Å²) in [5, 5.41) is 10.7. The second kappa shape index (κ2) is 4.55. The van der Waals surface area contributed by atoms with Crippen LogP contribution in [-0.2, 0) is 16.0 Å². The first kappa shape index (κ1) is 17.1. The first-order chi connectivity index (χ1) is 9.24. The maximum Gasteiger partial charge on any atom is 0.310 e. The van der Waals surface area contributed by atoms with E-state index in [9.17, 15) is 34.3 Å². The molecule has 1 aromatic carbocycles. The largest absolute Gasteiger partial charge is 0.466 e. The zero-order chi connectivity index (χ0) is 16.5. The van der Waals surface area contributed by atoms with E-state index in [1.807, 2.05) is 0 Å². The van der Waals surface area contributed by atoms with Gasteiger partial charge in [0.15, 0.2) is 0 Å². The lowest BCUT2D eigenvalue weighted by atomic mass is 10.1. The quantitative estimate of drug-likeness (QED) is 0.347. The molecule has 0 aliphatic heterocycles. The minimum Gasteiger partial charge on any atom is -0.466 e. The summed E-state index contributed by atoms with van der Waals surface area (Å²) in [6.07, 6.45) is -0.911. The highest BCUT2D eigenvalue weighted by atomic mass is 32.5. The fraction of sp³-hybridized carbons (Fsp3) is 0.300. The molecule has 0 unspecified atom stereocenters. The molecule has 0 spiro atoms. The highest BCUT2D eigenvalue weighted by Crippen LogP contribution is 3.02. The van der Waals surface area contributed by atoms with Crippen LogP contribution in [0.15, 0.2) is 23.1 Å². The summed E-state index contributed by atoms with van der Waals surface area (Å²) in [6.45, 7) is 1.31. The fourth-order valence-electron chi connectivity index (χ4n) is 1.49. The minimum atomic E-state index is -9.98. The highest BCUT2D eigenvalue weighted by Gasteiger charge is 2.65. The molecule has 0 saturated heterocycles. The average Bonchev–Trinajstić information content (AvgIpc) is 2.25. The van der Waals surface area contributed by atoms with Crippen LogP contribution in [0.25, 0.3) is 0 Å². The predicted molar refractivity (Wildman–Crippen MR) is 64.8 cm³/mol. The Morgan fingerprint density at radius 3 is 2.29 bits per heavy atom. The van der Waals surface area contributed by atoms with Gasteiger partial charge in [-0.25, -0.2) is 0 Å². The summed E-state index contributed by atoms with van der Waals surface area (Å²) in [6, 6.07) is 0.132. The third-order valence-electron chi connectivity index (χ3n) is 2.33. The van der Waals surface area contributed by atoms with Crippen LogP contribution in [0.4, 0.5) is 25.1 Å². The number of carbonyl (C=O) groups excluding carboxylic acids is 1. The molecule has 1 aromatic rings. The summed E-state index contributed by atoms with van der Waals surface area (Å²) in [5.74, 6) is -1.06. The van der Waals surface area contributed by atoms with E-state index in [0.717, 1.165) is 0 Å². The Balaban J connectivity index is 3.39. The van der Waals surface area contributed by atoms with Gasteiger partial charge in [0, 0.05) is 11.6 Å². The highest BCUT2D eigenvalue weighted by molar-refractivity contribution is 8.45. The van der Waals surface area contributed by atoms with E-state index in [0.29, 0.717) is 6.07 Å². The number of rotatable bonds is 5. The zero-order valence-electron chi connectivity index (χ0n) is 10.5. The number of halogens is 5. The van der Waals surface area contributed by atoms with Crippen LogP contribution in [0.3, 0.4) is 0 Å². The number of carbonyl (C=O) groups is 1. The molecule has 0 N–H and O–H groups in total. The van der Waals surface area contributed by atoms with Crippen molar-refractivity contribution in [3.63, 3.8) is 0 Å². The Bertz CT molecular complexity index is 601. The molecule has 0 aliphatic rings. The van der Waals surface area contributed by atoms with Crippen LogP contribution >= 0.6 is 10.2 Å². The van der Waals surface area contributed by atoms with Gasteiger partial charge in [-0.1, -0.05) is 19.4 Å². The van der Waals surface area contributed by atoms with E-state index in [-0.39, 0.29) is 18.7 Å². The number of ether oxygens (including phenoxy) is 1. The Labute approximate surface area is 115 Å². The molecule has 0 heterocycles. The van der Waals surface area contributed by atoms with Crippen LogP contribution in [0.5, 0.6) is 0 Å². The van der Waals surface area contributed by atoms with Crippen LogP contribution in [0.2, 0.25) is 0 Å². The first-order valence-electron chi connectivity index (χ1n) is 5.41. The molecule has 0 aromatic heterocycles. The van der Waals surface area contributed by atoms with E-state index in [4.69, 9.17) is 0 Å². The zero-order valence-corrected chi connectivity index (χ0v) is 11.3. The standard InChI is InChI=1S/C10H10F5NO4S/c1-2-20-10(17)6-7-5-8(21(11,12,13,14)15)3-4-9(7)16(18)19/h3-5H,2,6H2,1H3. The molecule has 120 valence electrons. The number of nitrogens with zero attached hydrogens (tertiary/aromatic N) is 1. The van der Waals surface area contributed by atoms with Gasteiger partial charge in [0.25, 0.3) is 5.69 Å². The predicted octanol–water partition coefficient (Wildman–Crippen LogP) is 4.36. The van der Waals surface area contributed by atoms with E-state index < -0.39 is 43.7 Å². The second-order valence-electron chi connectivity index (χ2n) is 4.00. The Morgan fingerprint density at radius 1 is 1.29 bits per heavy atom. The molecule has 0 bridgehead atoms. The number of hydrogen-bond donors (Lipinski definition) is 0. The van der Waals surface area contributed by atoms with E-state index >= 15 is 0 Å². The number of esters is 1. The number of benzene rings is 1. The van der Waals surface area contributed by atoms with Gasteiger partial charge in [0.1, 0.15) is 4.90 Å². The van der Waals surface area contributed by atoms with Crippen LogP contribution in [0, 0.1) is 10.1 Å². The number of hydrogen-bond acceptors (Lipinski definition) is 4. The Kier molecular flexibility index (Phi) is 3.71. The summed E-state index contributed by atoms with van der Waals surface area (Å²) < 4.78 is 67.7. The lowest BCUT2D eigenvalue weighted by molar-refractivity contribution is -0.385. The lowest BCUT2D eigenvalue weighted by Gasteiger charge is -2.40. The van der Waals surface area contributed by atoms with E-state index in [2.05, 4.69) is 4.74 Å². The van der Waals surface area contributed by atoms with Gasteiger partial charge in [-0.05, 0) is 19.1 Å². The van der Waals surface area contributed by atoms with Crippen molar-refractivity contribution in [2.75, 3.05) is 6.61 Å². The van der Waals surface area contributed by atoms with Crippen molar-refractivity contribution in [1.29, 1.82) is 0 Å². The smallest absolute Gasteiger partial charge is 0.310 e. The van der Waals surface area contributed by atoms with Gasteiger partial charge in [0.2, 0.25) is 0 Å².